The van der Waals surface area contributed by atoms with Crippen LogP contribution in [0.15, 0.2) is 66.2 Å². The van der Waals surface area contributed by atoms with Gasteiger partial charge in [-0.05, 0) is 60.5 Å². The van der Waals surface area contributed by atoms with Crippen molar-refractivity contribution in [2.24, 2.45) is 0 Å². The number of nitrogens with zero attached hydrogens (tertiary/aromatic N) is 1. The summed E-state index contributed by atoms with van der Waals surface area (Å²) in [6.07, 6.45) is 1.41. The fourth-order valence-corrected chi connectivity index (χ4v) is 3.62. The van der Waals surface area contributed by atoms with Gasteiger partial charge in [-0.3, -0.25) is 4.79 Å². The number of amides is 1. The van der Waals surface area contributed by atoms with E-state index in [-0.39, 0.29) is 22.2 Å². The molecule has 3 aromatic carbocycles. The molecule has 0 bridgehead atoms. The smallest absolute Gasteiger partial charge is 0.266 e. The molecule has 0 fully saturated rings. The minimum absolute atomic E-state index is 0.112. The van der Waals surface area contributed by atoms with Crippen LogP contribution in [0.25, 0.3) is 6.08 Å². The van der Waals surface area contributed by atoms with Crippen molar-refractivity contribution in [3.05, 3.63) is 92.4 Å². The number of carbonyl (C=O) groups excluding carboxylic acids is 1. The lowest BCUT2D eigenvalue weighted by Gasteiger charge is -2.11. The zero-order valence-electron chi connectivity index (χ0n) is 17.6. The Morgan fingerprint density at radius 1 is 1.03 bits per heavy atom. The first kappa shape index (κ1) is 24.5. The normalized spacial score (nSPS) is 10.9. The lowest BCUT2D eigenvalue weighted by molar-refractivity contribution is -0.112. The summed E-state index contributed by atoms with van der Waals surface area (Å²) in [6.45, 7) is 2.62. The minimum atomic E-state index is -0.568. The van der Waals surface area contributed by atoms with Crippen LogP contribution in [-0.4, -0.2) is 12.5 Å². The molecule has 0 heterocycles. The summed E-state index contributed by atoms with van der Waals surface area (Å²) >= 11 is 18.6. The molecule has 0 spiro atoms. The van der Waals surface area contributed by atoms with E-state index in [1.807, 2.05) is 25.1 Å². The van der Waals surface area contributed by atoms with Crippen LogP contribution >= 0.6 is 34.8 Å². The van der Waals surface area contributed by atoms with E-state index in [0.29, 0.717) is 34.4 Å². The van der Waals surface area contributed by atoms with Gasteiger partial charge < -0.3 is 14.8 Å². The van der Waals surface area contributed by atoms with Gasteiger partial charge in [-0.15, -0.1) is 0 Å². The second kappa shape index (κ2) is 11.6. The molecule has 3 rings (SSSR count). The predicted molar refractivity (Wildman–Crippen MR) is 132 cm³/mol. The van der Waals surface area contributed by atoms with Crippen molar-refractivity contribution in [1.29, 1.82) is 5.26 Å². The van der Waals surface area contributed by atoms with Gasteiger partial charge in [0.1, 0.15) is 24.0 Å². The van der Waals surface area contributed by atoms with Crippen molar-refractivity contribution in [2.75, 3.05) is 11.9 Å². The van der Waals surface area contributed by atoms with E-state index < -0.39 is 5.91 Å². The van der Waals surface area contributed by atoms with Gasteiger partial charge in [-0.1, -0.05) is 53.0 Å². The number of rotatable bonds is 8. The number of ether oxygens (including phenoxy) is 2. The average Bonchev–Trinajstić information content (AvgIpc) is 2.78. The highest BCUT2D eigenvalue weighted by atomic mass is 35.5. The number of hydrogen-bond acceptors (Lipinski definition) is 4. The third kappa shape index (κ3) is 6.90. The Balaban J connectivity index is 1.75. The Labute approximate surface area is 207 Å². The van der Waals surface area contributed by atoms with Crippen LogP contribution in [0.2, 0.25) is 15.1 Å². The predicted octanol–water partition coefficient (Wildman–Crippen LogP) is 7.17. The molecule has 1 amide bonds. The van der Waals surface area contributed by atoms with E-state index in [9.17, 15) is 10.1 Å². The number of nitriles is 1. The average molecular weight is 502 g/mol. The molecule has 3 aromatic rings. The van der Waals surface area contributed by atoms with Gasteiger partial charge in [0.2, 0.25) is 0 Å². The molecular formula is C25H19Cl3N2O3. The third-order valence-electron chi connectivity index (χ3n) is 4.40. The van der Waals surface area contributed by atoms with Crippen molar-refractivity contribution in [1.82, 2.24) is 0 Å². The van der Waals surface area contributed by atoms with E-state index in [2.05, 4.69) is 5.32 Å². The van der Waals surface area contributed by atoms with Crippen molar-refractivity contribution in [3.63, 3.8) is 0 Å². The van der Waals surface area contributed by atoms with Crippen LogP contribution in [0, 0.1) is 11.3 Å². The number of hydrogen-bond donors (Lipinski definition) is 1. The Morgan fingerprint density at radius 3 is 2.36 bits per heavy atom. The molecular weight excluding hydrogens is 483 g/mol. The number of anilines is 1. The van der Waals surface area contributed by atoms with E-state index >= 15 is 0 Å². The van der Waals surface area contributed by atoms with Crippen LogP contribution in [0.1, 0.15) is 18.1 Å². The number of nitrogens with one attached hydrogen (secondary N) is 1. The zero-order valence-corrected chi connectivity index (χ0v) is 19.8. The summed E-state index contributed by atoms with van der Waals surface area (Å²) in [4.78, 5) is 12.6. The van der Waals surface area contributed by atoms with Crippen molar-refractivity contribution < 1.29 is 14.3 Å². The lowest BCUT2D eigenvalue weighted by atomic mass is 10.1. The highest BCUT2D eigenvalue weighted by Crippen LogP contribution is 2.35. The molecule has 0 aromatic heterocycles. The topological polar surface area (TPSA) is 71.3 Å². The van der Waals surface area contributed by atoms with E-state index in [1.165, 1.54) is 6.08 Å². The van der Waals surface area contributed by atoms with Gasteiger partial charge in [0.25, 0.3) is 5.91 Å². The van der Waals surface area contributed by atoms with Crippen LogP contribution in [-0.2, 0) is 11.4 Å². The highest BCUT2D eigenvalue weighted by molar-refractivity contribution is 6.37. The monoisotopic (exact) mass is 500 g/mol. The van der Waals surface area contributed by atoms with Crippen molar-refractivity contribution >= 4 is 52.5 Å². The largest absolute Gasteiger partial charge is 0.494 e. The van der Waals surface area contributed by atoms with Crippen LogP contribution in [0.5, 0.6) is 11.5 Å². The molecule has 168 valence electrons. The number of carbonyl (C=O) groups is 1. The second-order valence-electron chi connectivity index (χ2n) is 6.81. The van der Waals surface area contributed by atoms with Crippen molar-refractivity contribution in [2.45, 2.75) is 13.5 Å². The molecule has 0 aliphatic heterocycles. The molecule has 8 heteroatoms. The molecule has 5 nitrogen and oxygen atoms in total. The molecule has 0 saturated heterocycles. The molecule has 0 saturated carbocycles. The Morgan fingerprint density at radius 2 is 1.73 bits per heavy atom. The molecule has 0 atom stereocenters. The summed E-state index contributed by atoms with van der Waals surface area (Å²) in [5.74, 6) is 0.355. The van der Waals surface area contributed by atoms with Crippen molar-refractivity contribution in [3.8, 4) is 17.6 Å². The Kier molecular flexibility index (Phi) is 8.62. The van der Waals surface area contributed by atoms with Crippen LogP contribution in [0.4, 0.5) is 5.69 Å². The van der Waals surface area contributed by atoms with Gasteiger partial charge in [-0.2, -0.15) is 5.26 Å². The molecule has 0 aliphatic rings. The maximum Gasteiger partial charge on any atom is 0.266 e. The van der Waals surface area contributed by atoms with Gasteiger partial charge in [0, 0.05) is 16.8 Å². The molecule has 0 unspecified atom stereocenters. The first-order valence-electron chi connectivity index (χ1n) is 9.92. The summed E-state index contributed by atoms with van der Waals surface area (Å²) in [5.41, 5.74) is 1.78. The Hall–Kier alpha value is -3.17. The third-order valence-corrected chi connectivity index (χ3v) is 5.21. The fraction of sp³-hybridized carbons (Fsp3) is 0.120. The Bertz CT molecular complexity index is 1200. The highest BCUT2D eigenvalue weighted by Gasteiger charge is 2.13. The SMILES string of the molecule is CCOc1cccc(NC(=O)/C(C#N)=C\c2cc(Cl)c(OCc3ccc(Cl)cc3)c(Cl)c2)c1. The first-order valence-corrected chi connectivity index (χ1v) is 11.0. The molecule has 0 aliphatic carbocycles. The second-order valence-corrected chi connectivity index (χ2v) is 8.06. The molecule has 1 N–H and O–H groups in total. The van der Waals surface area contributed by atoms with Gasteiger partial charge in [-0.25, -0.2) is 0 Å². The summed E-state index contributed by atoms with van der Waals surface area (Å²) in [7, 11) is 0. The maximum absolute atomic E-state index is 12.6. The van der Waals surface area contributed by atoms with E-state index in [0.717, 1.165) is 5.56 Å². The molecule has 0 radical (unpaired) electrons. The number of halogens is 3. The van der Waals surface area contributed by atoms with E-state index in [4.69, 9.17) is 44.3 Å². The minimum Gasteiger partial charge on any atom is -0.494 e. The lowest BCUT2D eigenvalue weighted by Crippen LogP contribution is -2.13. The van der Waals surface area contributed by atoms with Gasteiger partial charge in [0.05, 0.1) is 16.7 Å². The summed E-state index contributed by atoms with van der Waals surface area (Å²) in [5, 5.41) is 13.3. The van der Waals surface area contributed by atoms with Crippen LogP contribution < -0.4 is 14.8 Å². The quantitative estimate of drug-likeness (QED) is 0.262. The zero-order chi connectivity index (χ0) is 23.8. The van der Waals surface area contributed by atoms with Crippen LogP contribution in [0.3, 0.4) is 0 Å². The maximum atomic E-state index is 12.6. The first-order chi connectivity index (χ1) is 15.9. The number of benzene rings is 3. The van der Waals surface area contributed by atoms with Gasteiger partial charge in [0.15, 0.2) is 5.75 Å². The summed E-state index contributed by atoms with van der Waals surface area (Å²) < 4.78 is 11.2. The standard InChI is InChI=1S/C25H19Cl3N2O3/c1-2-32-21-5-3-4-20(13-21)30-25(31)18(14-29)10-17-11-22(27)24(23(28)12-17)33-15-16-6-8-19(26)9-7-16/h3-13H,2,15H2,1H3,(H,30,31)/b18-10-. The molecule has 33 heavy (non-hydrogen) atoms. The summed E-state index contributed by atoms with van der Waals surface area (Å²) in [6, 6.07) is 19.2. The fourth-order valence-electron chi connectivity index (χ4n) is 2.88. The van der Waals surface area contributed by atoms with E-state index in [1.54, 1.807) is 48.5 Å². The van der Waals surface area contributed by atoms with Gasteiger partial charge >= 0.3 is 0 Å².